The molecule has 0 aliphatic carbocycles. The van der Waals surface area contributed by atoms with Crippen molar-refractivity contribution >= 4 is 11.6 Å². The minimum absolute atomic E-state index is 0.130. The zero-order valence-electron chi connectivity index (χ0n) is 11.8. The van der Waals surface area contributed by atoms with Crippen LogP contribution in [0.3, 0.4) is 0 Å². The molecule has 1 unspecified atom stereocenters. The van der Waals surface area contributed by atoms with Gasteiger partial charge < -0.3 is 15.2 Å². The van der Waals surface area contributed by atoms with Crippen molar-refractivity contribution in [2.24, 2.45) is 0 Å². The lowest BCUT2D eigenvalue weighted by Gasteiger charge is -2.13. The number of aliphatic hydroxyl groups excluding tert-OH is 1. The van der Waals surface area contributed by atoms with Crippen LogP contribution < -0.4 is 10.1 Å². The monoisotopic (exact) mass is 307 g/mol. The Morgan fingerprint density at radius 1 is 1.23 bits per heavy atom. The Hall–Kier alpha value is -2.47. The van der Waals surface area contributed by atoms with Crippen LogP contribution in [0.5, 0.6) is 5.75 Å². The van der Waals surface area contributed by atoms with Crippen LogP contribution in [0.1, 0.15) is 18.6 Å². The summed E-state index contributed by atoms with van der Waals surface area (Å²) < 4.78 is 31.3. The number of nitrogens with one attached hydrogen (secondary N) is 1. The maximum Gasteiger partial charge on any atom is 0.221 e. The van der Waals surface area contributed by atoms with Crippen molar-refractivity contribution in [3.8, 4) is 5.75 Å². The number of carbonyl (C=O) groups is 1. The van der Waals surface area contributed by atoms with Crippen molar-refractivity contribution in [1.82, 2.24) is 0 Å². The van der Waals surface area contributed by atoms with E-state index >= 15 is 0 Å². The third-order valence-corrected chi connectivity index (χ3v) is 2.89. The molecule has 1 amide bonds. The molecule has 0 spiro atoms. The number of rotatable bonds is 5. The fraction of sp³-hybridized carbons (Fsp3) is 0.188. The molecule has 0 aromatic heterocycles. The number of anilines is 1. The van der Waals surface area contributed by atoms with E-state index < -0.39 is 17.7 Å². The van der Waals surface area contributed by atoms with Gasteiger partial charge in [-0.1, -0.05) is 12.1 Å². The SMILES string of the molecule is CC(=O)Nc1cccc(OCC(O)c2ccc(F)c(F)c2)c1. The molecule has 4 nitrogen and oxygen atoms in total. The number of benzene rings is 2. The van der Waals surface area contributed by atoms with Crippen molar-refractivity contribution in [3.05, 3.63) is 59.7 Å². The molecule has 0 saturated carbocycles. The van der Waals surface area contributed by atoms with Crippen LogP contribution >= 0.6 is 0 Å². The van der Waals surface area contributed by atoms with E-state index in [2.05, 4.69) is 5.32 Å². The number of amides is 1. The Labute approximate surface area is 126 Å². The lowest BCUT2D eigenvalue weighted by molar-refractivity contribution is -0.114. The Bertz CT molecular complexity index is 676. The van der Waals surface area contributed by atoms with Gasteiger partial charge in [-0.3, -0.25) is 4.79 Å². The molecule has 2 aromatic carbocycles. The first-order valence-corrected chi connectivity index (χ1v) is 6.59. The molecule has 0 radical (unpaired) electrons. The maximum absolute atomic E-state index is 13.1. The first-order valence-electron chi connectivity index (χ1n) is 6.59. The molecule has 0 fully saturated rings. The molecule has 116 valence electrons. The highest BCUT2D eigenvalue weighted by Crippen LogP contribution is 2.21. The molecule has 6 heteroatoms. The Morgan fingerprint density at radius 3 is 2.68 bits per heavy atom. The Balaban J connectivity index is 1.99. The van der Waals surface area contributed by atoms with Crippen LogP contribution in [0.2, 0.25) is 0 Å². The van der Waals surface area contributed by atoms with Crippen LogP contribution in [0.4, 0.5) is 14.5 Å². The summed E-state index contributed by atoms with van der Waals surface area (Å²) in [6.07, 6.45) is -1.10. The number of halogens is 2. The number of hydrogen-bond donors (Lipinski definition) is 2. The van der Waals surface area contributed by atoms with Crippen molar-refractivity contribution in [2.75, 3.05) is 11.9 Å². The summed E-state index contributed by atoms with van der Waals surface area (Å²) >= 11 is 0. The van der Waals surface area contributed by atoms with E-state index in [0.717, 1.165) is 12.1 Å². The van der Waals surface area contributed by atoms with E-state index in [9.17, 15) is 18.7 Å². The molecular weight excluding hydrogens is 292 g/mol. The van der Waals surface area contributed by atoms with Crippen molar-refractivity contribution in [2.45, 2.75) is 13.0 Å². The van der Waals surface area contributed by atoms with Gasteiger partial charge in [-0.15, -0.1) is 0 Å². The summed E-state index contributed by atoms with van der Waals surface area (Å²) in [5, 5.41) is 12.5. The standard InChI is InChI=1S/C16H15F2NO3/c1-10(20)19-12-3-2-4-13(8-12)22-9-16(21)11-5-6-14(17)15(18)7-11/h2-8,16,21H,9H2,1H3,(H,19,20). The number of hydrogen-bond acceptors (Lipinski definition) is 3. The maximum atomic E-state index is 13.1. The predicted molar refractivity (Wildman–Crippen MR) is 77.6 cm³/mol. The van der Waals surface area contributed by atoms with Crippen molar-refractivity contribution in [1.29, 1.82) is 0 Å². The molecule has 1 atom stereocenters. The lowest BCUT2D eigenvalue weighted by Crippen LogP contribution is -2.11. The summed E-state index contributed by atoms with van der Waals surface area (Å²) in [4.78, 5) is 11.0. The molecule has 2 rings (SSSR count). The Kier molecular flexibility index (Phi) is 5.06. The third kappa shape index (κ3) is 4.26. The van der Waals surface area contributed by atoms with Gasteiger partial charge in [0.1, 0.15) is 18.5 Å². The lowest BCUT2D eigenvalue weighted by atomic mass is 10.1. The summed E-state index contributed by atoms with van der Waals surface area (Å²) in [6.45, 7) is 1.26. The highest BCUT2D eigenvalue weighted by Gasteiger charge is 2.12. The van der Waals surface area contributed by atoms with Gasteiger partial charge in [0.25, 0.3) is 0 Å². The minimum atomic E-state index is -1.10. The smallest absolute Gasteiger partial charge is 0.221 e. The highest BCUT2D eigenvalue weighted by molar-refractivity contribution is 5.88. The fourth-order valence-electron chi connectivity index (χ4n) is 1.86. The van der Waals surface area contributed by atoms with Gasteiger partial charge in [0.05, 0.1) is 0 Å². The number of ether oxygens (including phenoxy) is 1. The molecular formula is C16H15F2NO3. The second-order valence-corrected chi connectivity index (χ2v) is 4.71. The van der Waals surface area contributed by atoms with Crippen LogP contribution in [0.25, 0.3) is 0 Å². The summed E-state index contributed by atoms with van der Waals surface area (Å²) in [5.41, 5.74) is 0.782. The van der Waals surface area contributed by atoms with E-state index in [1.165, 1.54) is 13.0 Å². The quantitative estimate of drug-likeness (QED) is 0.892. The summed E-state index contributed by atoms with van der Waals surface area (Å²) in [7, 11) is 0. The molecule has 22 heavy (non-hydrogen) atoms. The van der Waals surface area contributed by atoms with E-state index in [4.69, 9.17) is 4.74 Å². The van der Waals surface area contributed by atoms with Gasteiger partial charge in [0.15, 0.2) is 11.6 Å². The largest absolute Gasteiger partial charge is 0.490 e. The highest BCUT2D eigenvalue weighted by atomic mass is 19.2. The predicted octanol–water partition coefficient (Wildman–Crippen LogP) is 3.04. The molecule has 0 saturated heterocycles. The zero-order valence-corrected chi connectivity index (χ0v) is 11.8. The van der Waals surface area contributed by atoms with Crippen LogP contribution in [-0.2, 0) is 4.79 Å². The molecule has 2 N–H and O–H groups in total. The van der Waals surface area contributed by atoms with Crippen LogP contribution in [0.15, 0.2) is 42.5 Å². The van der Waals surface area contributed by atoms with Crippen LogP contribution in [-0.4, -0.2) is 17.6 Å². The van der Waals surface area contributed by atoms with Gasteiger partial charge in [-0.2, -0.15) is 0 Å². The van der Waals surface area contributed by atoms with E-state index in [1.807, 2.05) is 0 Å². The second kappa shape index (κ2) is 7.00. The summed E-state index contributed by atoms with van der Waals surface area (Å²) in [6, 6.07) is 9.80. The van der Waals surface area contributed by atoms with E-state index in [1.54, 1.807) is 24.3 Å². The van der Waals surface area contributed by atoms with Gasteiger partial charge in [0.2, 0.25) is 5.91 Å². The number of carbonyl (C=O) groups excluding carboxylic acids is 1. The van der Waals surface area contributed by atoms with E-state index in [0.29, 0.717) is 11.4 Å². The van der Waals surface area contributed by atoms with Gasteiger partial charge in [-0.05, 0) is 29.8 Å². The summed E-state index contributed by atoms with van der Waals surface area (Å²) in [5.74, 6) is -1.77. The normalized spacial score (nSPS) is 11.8. The molecule has 0 aliphatic heterocycles. The first kappa shape index (κ1) is 15.9. The Morgan fingerprint density at radius 2 is 2.00 bits per heavy atom. The van der Waals surface area contributed by atoms with Gasteiger partial charge in [-0.25, -0.2) is 8.78 Å². The average molecular weight is 307 g/mol. The molecule has 0 heterocycles. The first-order chi connectivity index (χ1) is 10.5. The van der Waals surface area contributed by atoms with Gasteiger partial charge in [0, 0.05) is 18.7 Å². The average Bonchev–Trinajstić information content (AvgIpc) is 2.47. The third-order valence-electron chi connectivity index (χ3n) is 2.89. The van der Waals surface area contributed by atoms with E-state index in [-0.39, 0.29) is 18.1 Å². The van der Waals surface area contributed by atoms with Crippen molar-refractivity contribution < 1.29 is 23.4 Å². The second-order valence-electron chi connectivity index (χ2n) is 4.71. The van der Waals surface area contributed by atoms with Crippen molar-refractivity contribution in [3.63, 3.8) is 0 Å². The minimum Gasteiger partial charge on any atom is -0.490 e. The van der Waals surface area contributed by atoms with Gasteiger partial charge >= 0.3 is 0 Å². The number of aliphatic hydroxyl groups is 1. The zero-order chi connectivity index (χ0) is 16.1. The fourth-order valence-corrected chi connectivity index (χ4v) is 1.86. The molecule has 0 aliphatic rings. The topological polar surface area (TPSA) is 58.6 Å². The molecule has 0 bridgehead atoms. The molecule has 2 aromatic rings. The van der Waals surface area contributed by atoms with Crippen LogP contribution in [0, 0.1) is 11.6 Å².